The Kier molecular flexibility index (Phi) is 8.17. The zero-order valence-electron chi connectivity index (χ0n) is 3.38. The molecule has 0 bridgehead atoms. The molecular formula is C2H8ClNO2. The smallest absolute Gasteiger partial charge is 0.124 e. The van der Waals surface area contributed by atoms with E-state index in [9.17, 15) is 0 Å². The molecule has 0 radical (unpaired) electrons. The predicted octanol–water partition coefficient (Wildman–Crippen LogP) is -0.275. The van der Waals surface area contributed by atoms with Gasteiger partial charge in [0.1, 0.15) is 6.23 Å². The highest BCUT2D eigenvalue weighted by molar-refractivity contribution is 5.85. The molecule has 0 saturated carbocycles. The molecule has 0 aliphatic rings. The maximum atomic E-state index is 8.00. The molecule has 6 heavy (non-hydrogen) atoms. The predicted molar refractivity (Wildman–Crippen MR) is 23.9 cm³/mol. The Labute approximate surface area is 42.3 Å². The first-order valence-electron chi connectivity index (χ1n) is 1.35. The third-order valence-corrected chi connectivity index (χ3v) is 0.187. The highest BCUT2D eigenvalue weighted by atomic mass is 35.5. The van der Waals surface area contributed by atoms with Gasteiger partial charge >= 0.3 is 0 Å². The summed E-state index contributed by atoms with van der Waals surface area (Å²) >= 11 is 0. The van der Waals surface area contributed by atoms with Crippen LogP contribution in [0.25, 0.3) is 0 Å². The van der Waals surface area contributed by atoms with Gasteiger partial charge < -0.3 is 10.3 Å². The first-order chi connectivity index (χ1) is 2.27. The second kappa shape index (κ2) is 5.17. The molecule has 0 aliphatic carbocycles. The van der Waals surface area contributed by atoms with Crippen molar-refractivity contribution in [3.8, 4) is 0 Å². The molecular weight excluding hydrogens is 105 g/mol. The van der Waals surface area contributed by atoms with Gasteiger partial charge in [-0.2, -0.15) is 5.48 Å². The van der Waals surface area contributed by atoms with Crippen molar-refractivity contribution in [2.45, 2.75) is 13.2 Å². The van der Waals surface area contributed by atoms with Gasteiger partial charge in [0, 0.05) is 0 Å². The molecule has 0 aliphatic heterocycles. The van der Waals surface area contributed by atoms with Crippen LogP contribution in [0.3, 0.4) is 0 Å². The summed E-state index contributed by atoms with van der Waals surface area (Å²) in [6.45, 7) is 1.42. The molecule has 40 valence electrons. The van der Waals surface area contributed by atoms with E-state index in [1.165, 1.54) is 6.92 Å². The first kappa shape index (κ1) is 9.48. The third kappa shape index (κ3) is 8.90. The SMILES string of the molecule is CC(O)NO.Cl. The quantitative estimate of drug-likeness (QED) is 0.324. The van der Waals surface area contributed by atoms with Crippen LogP contribution in [0.4, 0.5) is 0 Å². The van der Waals surface area contributed by atoms with E-state index in [2.05, 4.69) is 0 Å². The van der Waals surface area contributed by atoms with E-state index in [4.69, 9.17) is 10.3 Å². The van der Waals surface area contributed by atoms with E-state index in [0.29, 0.717) is 0 Å². The Hall–Kier alpha value is 0.170. The second-order valence-electron chi connectivity index (χ2n) is 0.805. The first-order valence-corrected chi connectivity index (χ1v) is 1.35. The van der Waals surface area contributed by atoms with E-state index < -0.39 is 6.23 Å². The summed E-state index contributed by atoms with van der Waals surface area (Å²) in [5, 5.41) is 15.6. The van der Waals surface area contributed by atoms with E-state index in [0.717, 1.165) is 0 Å². The van der Waals surface area contributed by atoms with Crippen molar-refractivity contribution in [2.24, 2.45) is 0 Å². The summed E-state index contributed by atoms with van der Waals surface area (Å²) in [7, 11) is 0. The van der Waals surface area contributed by atoms with Gasteiger partial charge in [-0.05, 0) is 6.92 Å². The summed E-state index contributed by atoms with van der Waals surface area (Å²) in [6.07, 6.45) is -0.810. The molecule has 0 fully saturated rings. The van der Waals surface area contributed by atoms with E-state index in [1.54, 1.807) is 5.48 Å². The lowest BCUT2D eigenvalue weighted by molar-refractivity contribution is 0.0142. The lowest BCUT2D eigenvalue weighted by atomic mass is 10.7. The number of halogens is 1. The summed E-state index contributed by atoms with van der Waals surface area (Å²) in [4.78, 5) is 0. The number of rotatable bonds is 1. The van der Waals surface area contributed by atoms with Crippen LogP contribution in [-0.2, 0) is 0 Å². The lowest BCUT2D eigenvalue weighted by Crippen LogP contribution is -2.20. The molecule has 1 unspecified atom stereocenters. The summed E-state index contributed by atoms with van der Waals surface area (Å²) < 4.78 is 0. The van der Waals surface area contributed by atoms with Crippen LogP contribution >= 0.6 is 12.4 Å². The lowest BCUT2D eigenvalue weighted by Gasteiger charge is -1.93. The van der Waals surface area contributed by atoms with Crippen LogP contribution in [0, 0.1) is 0 Å². The molecule has 0 heterocycles. The van der Waals surface area contributed by atoms with Gasteiger partial charge in [-0.1, -0.05) is 0 Å². The van der Waals surface area contributed by atoms with E-state index in [1.807, 2.05) is 0 Å². The van der Waals surface area contributed by atoms with Crippen LogP contribution in [0.5, 0.6) is 0 Å². The minimum Gasteiger partial charge on any atom is -0.377 e. The monoisotopic (exact) mass is 113 g/mol. The van der Waals surface area contributed by atoms with Crippen LogP contribution in [0.1, 0.15) is 6.92 Å². The van der Waals surface area contributed by atoms with Crippen molar-refractivity contribution in [3.05, 3.63) is 0 Å². The third-order valence-electron chi connectivity index (χ3n) is 0.187. The van der Waals surface area contributed by atoms with Crippen molar-refractivity contribution in [1.82, 2.24) is 5.48 Å². The second-order valence-corrected chi connectivity index (χ2v) is 0.805. The average Bonchev–Trinajstić information content (AvgIpc) is 1.38. The van der Waals surface area contributed by atoms with Crippen molar-refractivity contribution >= 4 is 12.4 Å². The van der Waals surface area contributed by atoms with E-state index >= 15 is 0 Å². The number of nitrogens with one attached hydrogen (secondary N) is 1. The largest absolute Gasteiger partial charge is 0.377 e. The number of aliphatic hydroxyl groups is 1. The molecule has 0 saturated heterocycles. The van der Waals surface area contributed by atoms with Crippen LogP contribution < -0.4 is 5.48 Å². The van der Waals surface area contributed by atoms with Crippen molar-refractivity contribution < 1.29 is 10.3 Å². The van der Waals surface area contributed by atoms with Crippen molar-refractivity contribution in [1.29, 1.82) is 0 Å². The number of aliphatic hydroxyl groups excluding tert-OH is 1. The summed E-state index contributed by atoms with van der Waals surface area (Å²) in [6, 6.07) is 0. The van der Waals surface area contributed by atoms with E-state index in [-0.39, 0.29) is 12.4 Å². The van der Waals surface area contributed by atoms with Crippen LogP contribution in [0.15, 0.2) is 0 Å². The van der Waals surface area contributed by atoms with Gasteiger partial charge in [0.15, 0.2) is 0 Å². The topological polar surface area (TPSA) is 52.5 Å². The fourth-order valence-corrected chi connectivity index (χ4v) is 0. The molecule has 0 amide bonds. The zero-order chi connectivity index (χ0) is 4.28. The molecule has 4 heteroatoms. The normalized spacial score (nSPS) is 12.5. The zero-order valence-corrected chi connectivity index (χ0v) is 4.20. The maximum Gasteiger partial charge on any atom is 0.124 e. The van der Waals surface area contributed by atoms with Gasteiger partial charge in [-0.3, -0.25) is 0 Å². The van der Waals surface area contributed by atoms with Crippen molar-refractivity contribution in [3.63, 3.8) is 0 Å². The van der Waals surface area contributed by atoms with Crippen molar-refractivity contribution in [2.75, 3.05) is 0 Å². The van der Waals surface area contributed by atoms with Gasteiger partial charge in [-0.25, -0.2) is 0 Å². The molecule has 0 aromatic rings. The van der Waals surface area contributed by atoms with Gasteiger partial charge in [0.2, 0.25) is 0 Å². The Morgan fingerprint density at radius 1 is 1.67 bits per heavy atom. The maximum absolute atomic E-state index is 8.00. The number of hydroxylamine groups is 1. The standard InChI is InChI=1S/C2H7NO2.ClH/c1-2(4)3-5;/h2-5H,1H3;1H. The molecule has 0 spiro atoms. The Morgan fingerprint density at radius 3 is 1.83 bits per heavy atom. The number of hydrogen-bond donors (Lipinski definition) is 3. The molecule has 0 rings (SSSR count). The molecule has 3 nitrogen and oxygen atoms in total. The summed E-state index contributed by atoms with van der Waals surface area (Å²) in [5.74, 6) is 0. The molecule has 3 N–H and O–H groups in total. The molecule has 0 aromatic carbocycles. The van der Waals surface area contributed by atoms with Gasteiger partial charge in [0.25, 0.3) is 0 Å². The minimum absolute atomic E-state index is 0. The molecule has 1 atom stereocenters. The van der Waals surface area contributed by atoms with Crippen LogP contribution in [-0.4, -0.2) is 16.5 Å². The van der Waals surface area contributed by atoms with Gasteiger partial charge in [-0.15, -0.1) is 12.4 Å². The van der Waals surface area contributed by atoms with Gasteiger partial charge in [0.05, 0.1) is 0 Å². The fourth-order valence-electron chi connectivity index (χ4n) is 0. The van der Waals surface area contributed by atoms with Crippen LogP contribution in [0.2, 0.25) is 0 Å². The highest BCUT2D eigenvalue weighted by Crippen LogP contribution is 1.59. The summed E-state index contributed by atoms with van der Waals surface area (Å²) in [5.41, 5.74) is 1.58. The minimum atomic E-state index is -0.810. The molecule has 0 aromatic heterocycles. The Bertz CT molecular complexity index is 25.5. The Balaban J connectivity index is 0. The highest BCUT2D eigenvalue weighted by Gasteiger charge is 1.80. The Morgan fingerprint density at radius 2 is 1.83 bits per heavy atom. The average molecular weight is 114 g/mol. The fraction of sp³-hybridized carbons (Fsp3) is 1.00. The number of hydrogen-bond acceptors (Lipinski definition) is 3.